The number of rotatable bonds is 6. The summed E-state index contributed by atoms with van der Waals surface area (Å²) in [5, 5.41) is 12.3. The third kappa shape index (κ3) is 4.29. The molecule has 0 spiro atoms. The van der Waals surface area contributed by atoms with Crippen molar-refractivity contribution in [3.05, 3.63) is 29.3 Å². The summed E-state index contributed by atoms with van der Waals surface area (Å²) in [5.41, 5.74) is 0.0460. The Labute approximate surface area is 135 Å². The van der Waals surface area contributed by atoms with E-state index in [1.807, 2.05) is 0 Å². The molecule has 0 saturated carbocycles. The minimum absolute atomic E-state index is 0. The third-order valence-electron chi connectivity index (χ3n) is 3.87. The van der Waals surface area contributed by atoms with E-state index in [1.54, 1.807) is 0 Å². The lowest BCUT2D eigenvalue weighted by Crippen LogP contribution is -2.45. The molecule has 0 aromatic heterocycles. The Morgan fingerprint density at radius 2 is 2.00 bits per heavy atom. The van der Waals surface area contributed by atoms with Gasteiger partial charge in [-0.05, 0) is 25.0 Å². The first kappa shape index (κ1) is 19.1. The predicted octanol–water partition coefficient (Wildman–Crippen LogP) is 2.11. The lowest BCUT2D eigenvalue weighted by molar-refractivity contribution is 0.148. The van der Waals surface area contributed by atoms with Crippen molar-refractivity contribution in [3.8, 4) is 5.75 Å². The SMILES string of the molecule is COc1ccc(F)c([C@H](CCCO)N2CCNCC2)c1F.Cl. The van der Waals surface area contributed by atoms with E-state index < -0.39 is 11.6 Å². The highest BCUT2D eigenvalue weighted by Crippen LogP contribution is 2.34. The number of piperazine rings is 1. The molecule has 1 aliphatic rings. The zero-order chi connectivity index (χ0) is 15.2. The molecule has 2 rings (SSSR count). The van der Waals surface area contributed by atoms with Crippen molar-refractivity contribution < 1.29 is 18.6 Å². The maximum Gasteiger partial charge on any atom is 0.172 e. The van der Waals surface area contributed by atoms with Crippen LogP contribution in [0, 0.1) is 11.6 Å². The molecule has 7 heteroatoms. The number of nitrogens with one attached hydrogen (secondary N) is 1. The molecular weight excluding hydrogens is 314 g/mol. The molecule has 126 valence electrons. The Morgan fingerprint density at radius 1 is 1.32 bits per heavy atom. The summed E-state index contributed by atoms with van der Waals surface area (Å²) in [6, 6.07) is 2.16. The normalized spacial score (nSPS) is 16.9. The second kappa shape index (κ2) is 9.25. The number of aliphatic hydroxyl groups is 1. The molecule has 0 radical (unpaired) electrons. The van der Waals surface area contributed by atoms with Crippen LogP contribution in [-0.2, 0) is 0 Å². The van der Waals surface area contributed by atoms with Crippen molar-refractivity contribution in [1.82, 2.24) is 10.2 Å². The van der Waals surface area contributed by atoms with Gasteiger partial charge in [-0.3, -0.25) is 4.90 Å². The van der Waals surface area contributed by atoms with Gasteiger partial charge in [0.05, 0.1) is 7.11 Å². The van der Waals surface area contributed by atoms with Crippen LogP contribution in [0.3, 0.4) is 0 Å². The fourth-order valence-electron chi connectivity index (χ4n) is 2.80. The number of hydrogen-bond acceptors (Lipinski definition) is 4. The summed E-state index contributed by atoms with van der Waals surface area (Å²) < 4.78 is 33.7. The van der Waals surface area contributed by atoms with E-state index in [0.29, 0.717) is 12.8 Å². The molecule has 2 N–H and O–H groups in total. The lowest BCUT2D eigenvalue weighted by Gasteiger charge is -2.35. The average molecular weight is 337 g/mol. The molecule has 1 heterocycles. The third-order valence-corrected chi connectivity index (χ3v) is 3.87. The Bertz CT molecular complexity index is 471. The standard InChI is InChI=1S/C15H22F2N2O2.ClH/c1-21-13-5-4-11(16)14(15(13)17)12(3-2-10-20)19-8-6-18-7-9-19;/h4-5,12,18,20H,2-3,6-10H2,1H3;1H/t12-;/m0./s1. The molecule has 1 aromatic carbocycles. The van der Waals surface area contributed by atoms with Gasteiger partial charge < -0.3 is 15.2 Å². The zero-order valence-corrected chi connectivity index (χ0v) is 13.5. The molecule has 0 unspecified atom stereocenters. The average Bonchev–Trinajstić information content (AvgIpc) is 2.51. The monoisotopic (exact) mass is 336 g/mol. The summed E-state index contributed by atoms with van der Waals surface area (Å²) in [7, 11) is 1.37. The summed E-state index contributed by atoms with van der Waals surface area (Å²) in [4.78, 5) is 2.06. The van der Waals surface area contributed by atoms with Gasteiger partial charge in [-0.2, -0.15) is 0 Å². The number of aliphatic hydroxyl groups excluding tert-OH is 1. The lowest BCUT2D eigenvalue weighted by atomic mass is 9.98. The molecule has 1 saturated heterocycles. The summed E-state index contributed by atoms with van der Waals surface area (Å²) in [5.74, 6) is -1.15. The van der Waals surface area contributed by atoms with E-state index in [2.05, 4.69) is 10.2 Å². The molecular formula is C15H23ClF2N2O2. The maximum atomic E-state index is 14.5. The van der Waals surface area contributed by atoms with Crippen molar-refractivity contribution in [1.29, 1.82) is 0 Å². The van der Waals surface area contributed by atoms with Gasteiger partial charge in [0.1, 0.15) is 5.82 Å². The highest BCUT2D eigenvalue weighted by atomic mass is 35.5. The van der Waals surface area contributed by atoms with Gasteiger partial charge in [0.25, 0.3) is 0 Å². The number of methoxy groups -OCH3 is 1. The van der Waals surface area contributed by atoms with Crippen molar-refractivity contribution in [2.24, 2.45) is 0 Å². The number of halogens is 3. The molecule has 4 nitrogen and oxygen atoms in total. The Morgan fingerprint density at radius 3 is 2.59 bits per heavy atom. The Balaban J connectivity index is 0.00000242. The maximum absolute atomic E-state index is 14.5. The zero-order valence-electron chi connectivity index (χ0n) is 12.6. The highest BCUT2D eigenvalue weighted by molar-refractivity contribution is 5.85. The number of hydrogen-bond donors (Lipinski definition) is 2. The molecule has 1 aromatic rings. The van der Waals surface area contributed by atoms with E-state index in [4.69, 9.17) is 9.84 Å². The summed E-state index contributed by atoms with van der Waals surface area (Å²) >= 11 is 0. The van der Waals surface area contributed by atoms with Crippen molar-refractivity contribution in [2.75, 3.05) is 39.9 Å². The molecule has 1 fully saturated rings. The Kier molecular flexibility index (Phi) is 8.03. The van der Waals surface area contributed by atoms with E-state index in [0.717, 1.165) is 26.2 Å². The van der Waals surface area contributed by atoms with Gasteiger partial charge in [0.2, 0.25) is 0 Å². The van der Waals surface area contributed by atoms with Gasteiger partial charge in [0, 0.05) is 44.4 Å². The van der Waals surface area contributed by atoms with Crippen molar-refractivity contribution >= 4 is 12.4 Å². The minimum Gasteiger partial charge on any atom is -0.494 e. The van der Waals surface area contributed by atoms with Crippen molar-refractivity contribution in [3.63, 3.8) is 0 Å². The van der Waals surface area contributed by atoms with Gasteiger partial charge in [-0.15, -0.1) is 12.4 Å². The first-order valence-corrected chi connectivity index (χ1v) is 7.26. The molecule has 0 aliphatic carbocycles. The van der Waals surface area contributed by atoms with Crippen LogP contribution in [0.2, 0.25) is 0 Å². The topological polar surface area (TPSA) is 44.7 Å². The quantitative estimate of drug-likeness (QED) is 0.835. The van der Waals surface area contributed by atoms with Crippen LogP contribution >= 0.6 is 12.4 Å². The molecule has 0 bridgehead atoms. The number of benzene rings is 1. The molecule has 1 aliphatic heterocycles. The van der Waals surface area contributed by atoms with Crippen LogP contribution < -0.4 is 10.1 Å². The molecule has 1 atom stereocenters. The van der Waals surface area contributed by atoms with Crippen LogP contribution in [0.15, 0.2) is 12.1 Å². The Hall–Kier alpha value is -0.950. The van der Waals surface area contributed by atoms with Crippen LogP contribution in [0.25, 0.3) is 0 Å². The minimum atomic E-state index is -0.640. The van der Waals surface area contributed by atoms with E-state index in [9.17, 15) is 8.78 Å². The summed E-state index contributed by atoms with van der Waals surface area (Å²) in [6.45, 7) is 3.06. The van der Waals surface area contributed by atoms with E-state index in [-0.39, 0.29) is 36.4 Å². The van der Waals surface area contributed by atoms with Crippen LogP contribution in [-0.4, -0.2) is 49.9 Å². The highest BCUT2D eigenvalue weighted by Gasteiger charge is 2.28. The van der Waals surface area contributed by atoms with Crippen LogP contribution in [0.5, 0.6) is 5.75 Å². The number of nitrogens with zero attached hydrogens (tertiary/aromatic N) is 1. The van der Waals surface area contributed by atoms with E-state index in [1.165, 1.54) is 19.2 Å². The molecule has 0 amide bonds. The van der Waals surface area contributed by atoms with Gasteiger partial charge in [-0.1, -0.05) is 0 Å². The molecule has 22 heavy (non-hydrogen) atoms. The fraction of sp³-hybridized carbons (Fsp3) is 0.600. The second-order valence-corrected chi connectivity index (χ2v) is 5.14. The number of ether oxygens (including phenoxy) is 1. The largest absolute Gasteiger partial charge is 0.494 e. The first-order valence-electron chi connectivity index (χ1n) is 7.26. The smallest absolute Gasteiger partial charge is 0.172 e. The second-order valence-electron chi connectivity index (χ2n) is 5.14. The van der Waals surface area contributed by atoms with Gasteiger partial charge in [-0.25, -0.2) is 8.78 Å². The van der Waals surface area contributed by atoms with Gasteiger partial charge in [0.15, 0.2) is 11.6 Å². The first-order chi connectivity index (χ1) is 10.2. The van der Waals surface area contributed by atoms with Crippen molar-refractivity contribution in [2.45, 2.75) is 18.9 Å². The predicted molar refractivity (Wildman–Crippen MR) is 83.7 cm³/mol. The van der Waals surface area contributed by atoms with Gasteiger partial charge >= 0.3 is 0 Å². The fourth-order valence-corrected chi connectivity index (χ4v) is 2.80. The van der Waals surface area contributed by atoms with E-state index >= 15 is 0 Å². The van der Waals surface area contributed by atoms with Crippen LogP contribution in [0.1, 0.15) is 24.4 Å². The summed E-state index contributed by atoms with van der Waals surface area (Å²) in [6.07, 6.45) is 1.02. The van der Waals surface area contributed by atoms with Crippen LogP contribution in [0.4, 0.5) is 8.78 Å².